The fourth-order valence-corrected chi connectivity index (χ4v) is 3.51. The van der Waals surface area contributed by atoms with Crippen molar-refractivity contribution in [1.29, 1.82) is 0 Å². The van der Waals surface area contributed by atoms with Crippen LogP contribution < -0.4 is 5.32 Å². The van der Waals surface area contributed by atoms with Gasteiger partial charge in [0.25, 0.3) is 0 Å². The highest BCUT2D eigenvalue weighted by Crippen LogP contribution is 2.22. The Morgan fingerprint density at radius 3 is 2.95 bits per heavy atom. The third kappa shape index (κ3) is 3.77. The minimum absolute atomic E-state index is 0.0780. The molecule has 1 N–H and O–H groups in total. The third-order valence-corrected chi connectivity index (χ3v) is 4.88. The maximum absolute atomic E-state index is 11.7. The summed E-state index contributed by atoms with van der Waals surface area (Å²) in [5.41, 5.74) is 0.972. The van der Waals surface area contributed by atoms with Crippen LogP contribution in [-0.4, -0.2) is 17.4 Å². The maximum atomic E-state index is 11.7. The van der Waals surface area contributed by atoms with Crippen LogP contribution in [0.1, 0.15) is 9.88 Å². The van der Waals surface area contributed by atoms with Crippen molar-refractivity contribution in [2.75, 3.05) is 6.54 Å². The third-order valence-electron chi connectivity index (χ3n) is 2.94. The van der Waals surface area contributed by atoms with Gasteiger partial charge in [0.1, 0.15) is 5.01 Å². The van der Waals surface area contributed by atoms with E-state index in [0.29, 0.717) is 6.54 Å². The lowest BCUT2D eigenvalue weighted by Crippen LogP contribution is -2.23. The van der Waals surface area contributed by atoms with Gasteiger partial charge in [-0.2, -0.15) is 0 Å². The van der Waals surface area contributed by atoms with Crippen molar-refractivity contribution in [3.05, 3.63) is 57.7 Å². The van der Waals surface area contributed by atoms with Crippen LogP contribution in [0.2, 0.25) is 0 Å². The first-order chi connectivity index (χ1) is 10.3. The molecule has 106 valence electrons. The van der Waals surface area contributed by atoms with Gasteiger partial charge < -0.3 is 5.32 Å². The predicted molar refractivity (Wildman–Crippen MR) is 89.7 cm³/mol. The summed E-state index contributed by atoms with van der Waals surface area (Å²) in [7, 11) is 0. The quantitative estimate of drug-likeness (QED) is 0.729. The zero-order valence-electron chi connectivity index (χ0n) is 11.3. The molecule has 2 aromatic heterocycles. The lowest BCUT2D eigenvalue weighted by Gasteiger charge is -1.99. The number of rotatable bonds is 5. The molecule has 0 unspecified atom stereocenters. The number of carbonyl (C=O) groups excluding carboxylic acids is 1. The average molecular weight is 314 g/mol. The van der Waals surface area contributed by atoms with Crippen LogP contribution in [-0.2, 0) is 11.2 Å². The molecule has 0 aliphatic rings. The van der Waals surface area contributed by atoms with Crippen molar-refractivity contribution < 1.29 is 4.79 Å². The molecule has 3 rings (SSSR count). The SMILES string of the molecule is O=C(/C=C/c1nc2ccccc2s1)NCCc1cccs1. The number of amides is 1. The Labute approximate surface area is 131 Å². The van der Waals surface area contributed by atoms with E-state index in [2.05, 4.69) is 16.4 Å². The van der Waals surface area contributed by atoms with Gasteiger partial charge in [-0.1, -0.05) is 18.2 Å². The van der Waals surface area contributed by atoms with Gasteiger partial charge in [-0.05, 0) is 36.1 Å². The molecule has 0 aliphatic heterocycles. The Balaban J connectivity index is 1.54. The van der Waals surface area contributed by atoms with Crippen LogP contribution in [0.15, 0.2) is 47.9 Å². The molecule has 3 aromatic rings. The van der Waals surface area contributed by atoms with E-state index >= 15 is 0 Å². The van der Waals surface area contributed by atoms with Crippen molar-refractivity contribution in [2.24, 2.45) is 0 Å². The van der Waals surface area contributed by atoms with Crippen LogP contribution in [0.25, 0.3) is 16.3 Å². The molecule has 0 fully saturated rings. The largest absolute Gasteiger partial charge is 0.352 e. The van der Waals surface area contributed by atoms with E-state index in [1.54, 1.807) is 34.8 Å². The summed E-state index contributed by atoms with van der Waals surface area (Å²) in [4.78, 5) is 17.5. The number of nitrogens with zero attached hydrogens (tertiary/aromatic N) is 1. The lowest BCUT2D eigenvalue weighted by atomic mass is 10.3. The topological polar surface area (TPSA) is 42.0 Å². The first-order valence-electron chi connectivity index (χ1n) is 6.65. The summed E-state index contributed by atoms with van der Waals surface area (Å²) in [5.74, 6) is -0.0780. The molecule has 0 radical (unpaired) electrons. The summed E-state index contributed by atoms with van der Waals surface area (Å²) in [5, 5.41) is 5.78. The summed E-state index contributed by atoms with van der Waals surface area (Å²) in [6, 6.07) is 12.1. The van der Waals surface area contributed by atoms with E-state index in [1.807, 2.05) is 35.7 Å². The number of thiazole rings is 1. The van der Waals surface area contributed by atoms with Crippen LogP contribution >= 0.6 is 22.7 Å². The molecule has 1 aromatic carbocycles. The number of hydrogen-bond acceptors (Lipinski definition) is 4. The van der Waals surface area contributed by atoms with Gasteiger partial charge in [0.2, 0.25) is 5.91 Å². The Hall–Kier alpha value is -1.98. The Morgan fingerprint density at radius 2 is 2.14 bits per heavy atom. The second-order valence-corrected chi connectivity index (χ2v) is 6.57. The highest BCUT2D eigenvalue weighted by atomic mass is 32.1. The maximum Gasteiger partial charge on any atom is 0.244 e. The van der Waals surface area contributed by atoms with E-state index in [-0.39, 0.29) is 5.91 Å². The molecule has 0 saturated carbocycles. The van der Waals surface area contributed by atoms with Crippen LogP contribution in [0.5, 0.6) is 0 Å². The van der Waals surface area contributed by atoms with Crippen LogP contribution in [0.4, 0.5) is 0 Å². The summed E-state index contributed by atoms with van der Waals surface area (Å²) in [6.45, 7) is 0.656. The first kappa shape index (κ1) is 14.0. The predicted octanol–water partition coefficient (Wildman–Crippen LogP) is 3.73. The number of thiophene rings is 1. The van der Waals surface area contributed by atoms with E-state index in [0.717, 1.165) is 21.6 Å². The van der Waals surface area contributed by atoms with Gasteiger partial charge in [0.15, 0.2) is 0 Å². The zero-order valence-corrected chi connectivity index (χ0v) is 12.9. The molecule has 3 nitrogen and oxygen atoms in total. The Bertz CT molecular complexity index is 727. The minimum atomic E-state index is -0.0780. The van der Waals surface area contributed by atoms with Crippen LogP contribution in [0.3, 0.4) is 0 Å². The van der Waals surface area contributed by atoms with Crippen molar-refractivity contribution >= 4 is 44.9 Å². The molecule has 21 heavy (non-hydrogen) atoms. The van der Waals surface area contributed by atoms with Crippen molar-refractivity contribution in [3.63, 3.8) is 0 Å². The molecule has 0 bridgehead atoms. The van der Waals surface area contributed by atoms with Gasteiger partial charge in [-0.15, -0.1) is 22.7 Å². The smallest absolute Gasteiger partial charge is 0.244 e. The minimum Gasteiger partial charge on any atom is -0.352 e. The van der Waals surface area contributed by atoms with Gasteiger partial charge >= 0.3 is 0 Å². The summed E-state index contributed by atoms with van der Waals surface area (Å²) in [6.07, 6.45) is 4.19. The van der Waals surface area contributed by atoms with Crippen molar-refractivity contribution in [1.82, 2.24) is 10.3 Å². The second kappa shape index (κ2) is 6.65. The number of nitrogens with one attached hydrogen (secondary N) is 1. The molecule has 0 saturated heterocycles. The number of para-hydroxylation sites is 1. The van der Waals surface area contributed by atoms with Crippen molar-refractivity contribution in [2.45, 2.75) is 6.42 Å². The fourth-order valence-electron chi connectivity index (χ4n) is 1.93. The second-order valence-electron chi connectivity index (χ2n) is 4.47. The fraction of sp³-hybridized carbons (Fsp3) is 0.125. The molecular weight excluding hydrogens is 300 g/mol. The van der Waals surface area contributed by atoms with Crippen LogP contribution in [0, 0.1) is 0 Å². The summed E-state index contributed by atoms with van der Waals surface area (Å²) < 4.78 is 1.13. The molecule has 2 heterocycles. The van der Waals surface area contributed by atoms with E-state index in [4.69, 9.17) is 0 Å². The number of hydrogen-bond donors (Lipinski definition) is 1. The van der Waals surface area contributed by atoms with Gasteiger partial charge in [0.05, 0.1) is 10.2 Å². The Morgan fingerprint density at radius 1 is 1.24 bits per heavy atom. The van der Waals surface area contributed by atoms with E-state index < -0.39 is 0 Å². The standard InChI is InChI=1S/C16H14N2OS2/c19-15(17-10-9-12-4-3-11-20-12)7-8-16-18-13-5-1-2-6-14(13)21-16/h1-8,11H,9-10H2,(H,17,19)/b8-7+. The molecular formula is C16H14N2OS2. The highest BCUT2D eigenvalue weighted by molar-refractivity contribution is 7.19. The number of aromatic nitrogens is 1. The summed E-state index contributed by atoms with van der Waals surface area (Å²) >= 11 is 3.29. The molecule has 5 heteroatoms. The van der Waals surface area contributed by atoms with Gasteiger partial charge in [0, 0.05) is 17.5 Å². The number of fused-ring (bicyclic) bond motifs is 1. The number of benzene rings is 1. The van der Waals surface area contributed by atoms with E-state index in [9.17, 15) is 4.79 Å². The molecule has 0 aliphatic carbocycles. The molecule has 1 amide bonds. The monoisotopic (exact) mass is 314 g/mol. The molecule has 0 spiro atoms. The zero-order chi connectivity index (χ0) is 14.5. The normalized spacial score (nSPS) is 11.2. The highest BCUT2D eigenvalue weighted by Gasteiger charge is 2.01. The van der Waals surface area contributed by atoms with Gasteiger partial charge in [-0.3, -0.25) is 4.79 Å². The average Bonchev–Trinajstić information content (AvgIpc) is 3.13. The van der Waals surface area contributed by atoms with E-state index in [1.165, 1.54) is 4.88 Å². The lowest BCUT2D eigenvalue weighted by molar-refractivity contribution is -0.116. The number of carbonyl (C=O) groups is 1. The Kier molecular flexibility index (Phi) is 4.43. The van der Waals surface area contributed by atoms with Gasteiger partial charge in [-0.25, -0.2) is 4.98 Å². The first-order valence-corrected chi connectivity index (χ1v) is 8.35. The molecule has 0 atom stereocenters. The van der Waals surface area contributed by atoms with Crippen molar-refractivity contribution in [3.8, 4) is 0 Å².